The number of carbonyl (C=O) groups is 1. The highest BCUT2D eigenvalue weighted by molar-refractivity contribution is 5.67. The molecule has 92 valence electrons. The standard InChI is InChI=1S/C5H10O3.C4H10O3/c1-2-3-8-4-5(6)7;5-1-3-7-4-2-6/h2-4H2,1H3,(H,6,7);5-6H,1-4H2. The fourth-order valence-corrected chi connectivity index (χ4v) is 0.535. The summed E-state index contributed by atoms with van der Waals surface area (Å²) in [5, 5.41) is 24.2. The Bertz CT molecular complexity index is 124. The van der Waals surface area contributed by atoms with Crippen molar-refractivity contribution in [3.05, 3.63) is 0 Å². The maximum Gasteiger partial charge on any atom is 0.329 e. The molecule has 0 aromatic rings. The van der Waals surface area contributed by atoms with Crippen LogP contribution < -0.4 is 0 Å². The van der Waals surface area contributed by atoms with Gasteiger partial charge < -0.3 is 24.8 Å². The Morgan fingerprint density at radius 2 is 1.60 bits per heavy atom. The normalized spacial score (nSPS) is 9.27. The number of hydrogen-bond acceptors (Lipinski definition) is 5. The number of hydrogen-bond donors (Lipinski definition) is 3. The molecule has 0 saturated carbocycles. The Hall–Kier alpha value is -0.690. The van der Waals surface area contributed by atoms with E-state index in [1.807, 2.05) is 6.92 Å². The highest BCUT2D eigenvalue weighted by Crippen LogP contribution is 1.78. The summed E-state index contributed by atoms with van der Waals surface area (Å²) in [6.45, 7) is 2.99. The van der Waals surface area contributed by atoms with E-state index in [1.165, 1.54) is 0 Å². The molecule has 0 radical (unpaired) electrons. The van der Waals surface area contributed by atoms with E-state index in [0.717, 1.165) is 6.42 Å². The summed E-state index contributed by atoms with van der Waals surface area (Å²) in [4.78, 5) is 9.75. The van der Waals surface area contributed by atoms with Crippen molar-refractivity contribution in [1.82, 2.24) is 0 Å². The number of aliphatic carboxylic acids is 1. The van der Waals surface area contributed by atoms with Crippen LogP contribution in [0.1, 0.15) is 13.3 Å². The second-order valence-electron chi connectivity index (χ2n) is 2.51. The predicted octanol–water partition coefficient (Wildman–Crippen LogP) is -0.515. The third kappa shape index (κ3) is 24.7. The highest BCUT2D eigenvalue weighted by atomic mass is 16.5. The van der Waals surface area contributed by atoms with Gasteiger partial charge in [-0.25, -0.2) is 4.79 Å². The van der Waals surface area contributed by atoms with E-state index in [1.54, 1.807) is 0 Å². The molecule has 15 heavy (non-hydrogen) atoms. The molecule has 0 aliphatic carbocycles. The quantitative estimate of drug-likeness (QED) is 0.480. The number of aliphatic hydroxyl groups is 2. The van der Waals surface area contributed by atoms with Gasteiger partial charge in [-0.3, -0.25) is 0 Å². The van der Waals surface area contributed by atoms with Crippen LogP contribution in [0.15, 0.2) is 0 Å². The van der Waals surface area contributed by atoms with Crippen molar-refractivity contribution in [3.8, 4) is 0 Å². The van der Waals surface area contributed by atoms with Gasteiger partial charge in [0.15, 0.2) is 0 Å². The smallest absolute Gasteiger partial charge is 0.329 e. The molecule has 0 bridgehead atoms. The first kappa shape index (κ1) is 16.7. The van der Waals surface area contributed by atoms with Crippen molar-refractivity contribution >= 4 is 5.97 Å². The maximum absolute atomic E-state index is 9.75. The fourth-order valence-electron chi connectivity index (χ4n) is 0.535. The van der Waals surface area contributed by atoms with Crippen molar-refractivity contribution in [1.29, 1.82) is 0 Å². The van der Waals surface area contributed by atoms with Gasteiger partial charge in [0.2, 0.25) is 0 Å². The zero-order valence-electron chi connectivity index (χ0n) is 9.02. The van der Waals surface area contributed by atoms with Crippen molar-refractivity contribution in [2.45, 2.75) is 13.3 Å². The van der Waals surface area contributed by atoms with E-state index in [9.17, 15) is 4.79 Å². The van der Waals surface area contributed by atoms with Crippen molar-refractivity contribution in [2.75, 3.05) is 39.6 Å². The van der Waals surface area contributed by atoms with E-state index < -0.39 is 5.97 Å². The number of ether oxygens (including phenoxy) is 2. The van der Waals surface area contributed by atoms with Gasteiger partial charge in [-0.1, -0.05) is 6.92 Å². The first-order chi connectivity index (χ1) is 7.18. The van der Waals surface area contributed by atoms with Gasteiger partial charge in [0.1, 0.15) is 6.61 Å². The second-order valence-corrected chi connectivity index (χ2v) is 2.51. The Morgan fingerprint density at radius 1 is 1.07 bits per heavy atom. The molecular weight excluding hydrogens is 204 g/mol. The Labute approximate surface area is 89.4 Å². The molecule has 0 rings (SSSR count). The van der Waals surface area contributed by atoms with Gasteiger partial charge >= 0.3 is 5.97 Å². The lowest BCUT2D eigenvalue weighted by Crippen LogP contribution is -2.06. The molecule has 3 N–H and O–H groups in total. The van der Waals surface area contributed by atoms with Crippen LogP contribution in [0, 0.1) is 0 Å². The summed E-state index contributed by atoms with van der Waals surface area (Å²) in [6.07, 6.45) is 0.868. The zero-order chi connectivity index (χ0) is 11.9. The van der Waals surface area contributed by atoms with Gasteiger partial charge in [-0.15, -0.1) is 0 Å². The number of rotatable bonds is 8. The van der Waals surface area contributed by atoms with Gasteiger partial charge in [-0.05, 0) is 6.42 Å². The van der Waals surface area contributed by atoms with Crippen LogP contribution in [0.5, 0.6) is 0 Å². The minimum atomic E-state index is -0.904. The van der Waals surface area contributed by atoms with Crippen LogP contribution in [0.3, 0.4) is 0 Å². The summed E-state index contributed by atoms with van der Waals surface area (Å²) >= 11 is 0. The zero-order valence-corrected chi connectivity index (χ0v) is 9.02. The fraction of sp³-hybridized carbons (Fsp3) is 0.889. The topological polar surface area (TPSA) is 96.2 Å². The van der Waals surface area contributed by atoms with E-state index >= 15 is 0 Å². The molecule has 0 saturated heterocycles. The van der Waals surface area contributed by atoms with E-state index in [0.29, 0.717) is 19.8 Å². The van der Waals surface area contributed by atoms with Crippen LogP contribution >= 0.6 is 0 Å². The molecule has 0 unspecified atom stereocenters. The van der Waals surface area contributed by atoms with Crippen LogP contribution in [0.25, 0.3) is 0 Å². The average molecular weight is 224 g/mol. The maximum atomic E-state index is 9.75. The Morgan fingerprint density at radius 3 is 1.93 bits per heavy atom. The van der Waals surface area contributed by atoms with Crippen LogP contribution in [-0.4, -0.2) is 60.9 Å². The summed E-state index contributed by atoms with van der Waals surface area (Å²) in [7, 11) is 0. The summed E-state index contributed by atoms with van der Waals surface area (Å²) in [6, 6.07) is 0. The largest absolute Gasteiger partial charge is 0.480 e. The van der Waals surface area contributed by atoms with Crippen molar-refractivity contribution < 1.29 is 29.6 Å². The van der Waals surface area contributed by atoms with Crippen molar-refractivity contribution in [2.24, 2.45) is 0 Å². The Balaban J connectivity index is 0. The molecule has 0 aromatic carbocycles. The van der Waals surface area contributed by atoms with Crippen LogP contribution in [0.2, 0.25) is 0 Å². The third-order valence-corrected chi connectivity index (χ3v) is 1.05. The molecular formula is C9H20O6. The average Bonchev–Trinajstić information content (AvgIpc) is 2.20. The van der Waals surface area contributed by atoms with E-state index in [2.05, 4.69) is 9.47 Å². The van der Waals surface area contributed by atoms with E-state index in [-0.39, 0.29) is 19.8 Å². The number of carboxylic acid groups (broad SMARTS) is 1. The molecule has 0 aliphatic rings. The molecule has 0 aromatic heterocycles. The highest BCUT2D eigenvalue weighted by Gasteiger charge is 1.92. The monoisotopic (exact) mass is 224 g/mol. The SMILES string of the molecule is CCCOCC(=O)O.OCCOCCO. The minimum absolute atomic E-state index is 0.0278. The van der Waals surface area contributed by atoms with Gasteiger partial charge in [0.05, 0.1) is 26.4 Å². The lowest BCUT2D eigenvalue weighted by Gasteiger charge is -1.94. The molecule has 0 amide bonds. The van der Waals surface area contributed by atoms with E-state index in [4.69, 9.17) is 15.3 Å². The van der Waals surface area contributed by atoms with Crippen LogP contribution in [0.4, 0.5) is 0 Å². The Kier molecular flexibility index (Phi) is 17.6. The molecule has 0 heterocycles. The first-order valence-corrected chi connectivity index (χ1v) is 4.78. The predicted molar refractivity (Wildman–Crippen MR) is 53.7 cm³/mol. The van der Waals surface area contributed by atoms with Gasteiger partial charge in [0.25, 0.3) is 0 Å². The molecule has 6 heteroatoms. The first-order valence-electron chi connectivity index (χ1n) is 4.78. The number of aliphatic hydroxyl groups excluding tert-OH is 2. The molecule has 6 nitrogen and oxygen atoms in total. The second kappa shape index (κ2) is 15.8. The molecule has 0 aliphatic heterocycles. The third-order valence-electron chi connectivity index (χ3n) is 1.05. The summed E-state index contributed by atoms with van der Waals surface area (Å²) in [5.41, 5.74) is 0. The lowest BCUT2D eigenvalue weighted by atomic mass is 10.5. The molecule has 0 atom stereocenters. The number of carboxylic acids is 1. The summed E-state index contributed by atoms with van der Waals surface area (Å²) in [5.74, 6) is -0.904. The van der Waals surface area contributed by atoms with Crippen LogP contribution in [-0.2, 0) is 14.3 Å². The lowest BCUT2D eigenvalue weighted by molar-refractivity contribution is -0.142. The van der Waals surface area contributed by atoms with Crippen molar-refractivity contribution in [3.63, 3.8) is 0 Å². The van der Waals surface area contributed by atoms with Gasteiger partial charge in [0, 0.05) is 6.61 Å². The summed E-state index contributed by atoms with van der Waals surface area (Å²) < 4.78 is 9.28. The van der Waals surface area contributed by atoms with Gasteiger partial charge in [-0.2, -0.15) is 0 Å². The molecule has 0 spiro atoms. The minimum Gasteiger partial charge on any atom is -0.480 e. The molecule has 0 fully saturated rings.